The number of allylic oxidation sites excluding steroid dienone is 2. The number of amides is 1. The molecular formula is C47H91NO8. The zero-order chi connectivity index (χ0) is 40.9. The Morgan fingerprint density at radius 1 is 0.589 bits per heavy atom. The molecule has 1 saturated heterocycles. The largest absolute Gasteiger partial charge is 0.394 e. The molecule has 332 valence electrons. The van der Waals surface area contributed by atoms with Crippen LogP contribution in [-0.4, -0.2) is 87.5 Å². The fourth-order valence-electron chi connectivity index (χ4n) is 7.74. The molecule has 1 aliphatic rings. The quantitative estimate of drug-likeness (QED) is 0.0265. The topological polar surface area (TPSA) is 149 Å². The molecular weight excluding hydrogens is 707 g/mol. The summed E-state index contributed by atoms with van der Waals surface area (Å²) < 4.78 is 11.3. The predicted octanol–water partition coefficient (Wildman–Crippen LogP) is 10.1. The van der Waals surface area contributed by atoms with Gasteiger partial charge in [-0.2, -0.15) is 0 Å². The van der Waals surface area contributed by atoms with Gasteiger partial charge >= 0.3 is 0 Å². The van der Waals surface area contributed by atoms with E-state index in [9.17, 15) is 30.3 Å². The van der Waals surface area contributed by atoms with Gasteiger partial charge in [0.05, 0.1) is 25.4 Å². The highest BCUT2D eigenvalue weighted by Gasteiger charge is 2.44. The number of rotatable bonds is 40. The number of carbonyl (C=O) groups excluding carboxylic acids is 1. The van der Waals surface area contributed by atoms with E-state index in [-0.39, 0.29) is 12.5 Å². The van der Waals surface area contributed by atoms with Crippen LogP contribution in [0.5, 0.6) is 0 Å². The van der Waals surface area contributed by atoms with Crippen LogP contribution in [-0.2, 0) is 14.3 Å². The summed E-state index contributed by atoms with van der Waals surface area (Å²) in [6.45, 7) is 3.83. The molecule has 1 heterocycles. The maximum Gasteiger partial charge on any atom is 0.220 e. The van der Waals surface area contributed by atoms with Gasteiger partial charge in [-0.25, -0.2) is 0 Å². The number of hydrogen-bond donors (Lipinski definition) is 6. The summed E-state index contributed by atoms with van der Waals surface area (Å²) in [5.41, 5.74) is 0. The van der Waals surface area contributed by atoms with Gasteiger partial charge in [-0.1, -0.05) is 193 Å². The summed E-state index contributed by atoms with van der Waals surface area (Å²) in [6.07, 6.45) is 36.5. The second-order valence-corrected chi connectivity index (χ2v) is 16.9. The van der Waals surface area contributed by atoms with E-state index >= 15 is 0 Å². The van der Waals surface area contributed by atoms with Crippen LogP contribution in [0.2, 0.25) is 0 Å². The van der Waals surface area contributed by atoms with Crippen LogP contribution in [0.15, 0.2) is 12.2 Å². The summed E-state index contributed by atoms with van der Waals surface area (Å²) in [6, 6.07) is -0.715. The van der Waals surface area contributed by atoms with Crippen LogP contribution in [0.1, 0.15) is 226 Å². The van der Waals surface area contributed by atoms with E-state index in [1.54, 1.807) is 0 Å². The fraction of sp³-hybridized carbons (Fsp3) is 0.936. The molecule has 1 rings (SSSR count). The molecule has 56 heavy (non-hydrogen) atoms. The van der Waals surface area contributed by atoms with E-state index in [2.05, 4.69) is 31.3 Å². The molecule has 9 nitrogen and oxygen atoms in total. The van der Waals surface area contributed by atoms with Gasteiger partial charge in [0.1, 0.15) is 24.4 Å². The average molecular weight is 798 g/mol. The Morgan fingerprint density at radius 2 is 1.00 bits per heavy atom. The molecule has 0 saturated carbocycles. The second kappa shape index (κ2) is 38.2. The molecule has 0 aliphatic carbocycles. The van der Waals surface area contributed by atoms with Crippen molar-refractivity contribution in [3.05, 3.63) is 12.2 Å². The number of nitrogens with one attached hydrogen (secondary N) is 1. The lowest BCUT2D eigenvalue weighted by Gasteiger charge is -2.40. The standard InChI is InChI=1S/C47H91NO8/c1-3-5-7-9-11-13-15-17-18-19-20-21-22-23-24-25-27-29-31-33-35-37-43(51)48-40(39-55-47-46(54)45(53)44(52)42(38-49)56-47)41(50)36-34-32-30-28-26-16-14-12-10-8-6-4-2/h19-20,40-42,44-47,49-50,52-54H,3-18,21-39H2,1-2H3,(H,48,51)/b20-19-. The Morgan fingerprint density at radius 3 is 1.45 bits per heavy atom. The minimum atomic E-state index is -1.55. The maximum atomic E-state index is 13.0. The maximum absolute atomic E-state index is 13.0. The Kier molecular flexibility index (Phi) is 36.1. The van der Waals surface area contributed by atoms with E-state index < -0.39 is 49.5 Å². The molecule has 7 atom stereocenters. The van der Waals surface area contributed by atoms with Crippen molar-refractivity contribution in [2.45, 2.75) is 269 Å². The van der Waals surface area contributed by atoms with E-state index in [1.165, 1.54) is 161 Å². The minimum absolute atomic E-state index is 0.135. The van der Waals surface area contributed by atoms with Gasteiger partial charge in [0.15, 0.2) is 6.29 Å². The summed E-state index contributed by atoms with van der Waals surface area (Å²) in [5.74, 6) is -0.145. The fourth-order valence-corrected chi connectivity index (χ4v) is 7.74. The first-order valence-electron chi connectivity index (χ1n) is 23.9. The third kappa shape index (κ3) is 28.4. The van der Waals surface area contributed by atoms with Crippen molar-refractivity contribution in [2.24, 2.45) is 0 Å². The lowest BCUT2D eigenvalue weighted by atomic mass is 9.99. The van der Waals surface area contributed by atoms with Crippen molar-refractivity contribution in [2.75, 3.05) is 13.2 Å². The van der Waals surface area contributed by atoms with Crippen LogP contribution in [0.25, 0.3) is 0 Å². The molecule has 9 heteroatoms. The van der Waals surface area contributed by atoms with Crippen molar-refractivity contribution in [1.29, 1.82) is 0 Å². The molecule has 0 spiro atoms. The van der Waals surface area contributed by atoms with Crippen LogP contribution in [0, 0.1) is 0 Å². The Balaban J connectivity index is 2.27. The first kappa shape index (κ1) is 52.9. The third-order valence-corrected chi connectivity index (χ3v) is 11.6. The van der Waals surface area contributed by atoms with Gasteiger partial charge in [-0.15, -0.1) is 0 Å². The van der Waals surface area contributed by atoms with E-state index in [0.717, 1.165) is 38.5 Å². The minimum Gasteiger partial charge on any atom is -0.394 e. The zero-order valence-corrected chi connectivity index (χ0v) is 36.4. The zero-order valence-electron chi connectivity index (χ0n) is 36.4. The van der Waals surface area contributed by atoms with Gasteiger partial charge in [0, 0.05) is 6.42 Å². The molecule has 0 aromatic carbocycles. The molecule has 7 unspecified atom stereocenters. The molecule has 1 fully saturated rings. The van der Waals surface area contributed by atoms with Crippen LogP contribution in [0.4, 0.5) is 0 Å². The second-order valence-electron chi connectivity index (χ2n) is 16.9. The average Bonchev–Trinajstić information content (AvgIpc) is 3.20. The smallest absolute Gasteiger partial charge is 0.220 e. The van der Waals surface area contributed by atoms with Crippen molar-refractivity contribution < 1.29 is 39.8 Å². The van der Waals surface area contributed by atoms with Gasteiger partial charge < -0.3 is 40.3 Å². The van der Waals surface area contributed by atoms with Gasteiger partial charge in [-0.05, 0) is 38.5 Å². The predicted molar refractivity (Wildman–Crippen MR) is 231 cm³/mol. The third-order valence-electron chi connectivity index (χ3n) is 11.6. The molecule has 0 aromatic rings. The van der Waals surface area contributed by atoms with Gasteiger partial charge in [-0.3, -0.25) is 4.79 Å². The highest BCUT2D eigenvalue weighted by Crippen LogP contribution is 2.23. The van der Waals surface area contributed by atoms with Gasteiger partial charge in [0.25, 0.3) is 0 Å². The highest BCUT2D eigenvalue weighted by molar-refractivity contribution is 5.76. The number of aliphatic hydroxyl groups is 5. The van der Waals surface area contributed by atoms with E-state index in [0.29, 0.717) is 12.8 Å². The van der Waals surface area contributed by atoms with E-state index in [1.807, 2.05) is 0 Å². The normalized spacial score (nSPS) is 21.2. The Hall–Kier alpha value is -1.07. The monoisotopic (exact) mass is 798 g/mol. The van der Waals surface area contributed by atoms with E-state index in [4.69, 9.17) is 9.47 Å². The van der Waals surface area contributed by atoms with Gasteiger partial charge in [0.2, 0.25) is 5.91 Å². The van der Waals surface area contributed by atoms with Crippen LogP contribution < -0.4 is 5.32 Å². The summed E-state index contributed by atoms with van der Waals surface area (Å²) in [4.78, 5) is 13.0. The number of unbranched alkanes of at least 4 members (excludes halogenated alkanes) is 28. The lowest BCUT2D eigenvalue weighted by Crippen LogP contribution is -2.60. The van der Waals surface area contributed by atoms with Crippen molar-refractivity contribution in [3.63, 3.8) is 0 Å². The molecule has 0 aromatic heterocycles. The first-order valence-corrected chi connectivity index (χ1v) is 23.9. The Bertz CT molecular complexity index is 888. The summed E-state index contributed by atoms with van der Waals surface area (Å²) in [7, 11) is 0. The molecule has 1 aliphatic heterocycles. The number of aliphatic hydroxyl groups excluding tert-OH is 5. The molecule has 1 amide bonds. The van der Waals surface area contributed by atoms with Crippen LogP contribution in [0.3, 0.4) is 0 Å². The molecule has 6 N–H and O–H groups in total. The highest BCUT2D eigenvalue weighted by atomic mass is 16.7. The van der Waals surface area contributed by atoms with Crippen molar-refractivity contribution in [1.82, 2.24) is 5.32 Å². The molecule has 0 bridgehead atoms. The number of hydrogen-bond acceptors (Lipinski definition) is 8. The summed E-state index contributed by atoms with van der Waals surface area (Å²) in [5, 5.41) is 54.3. The summed E-state index contributed by atoms with van der Waals surface area (Å²) >= 11 is 0. The Labute approximate surface area is 344 Å². The lowest BCUT2D eigenvalue weighted by molar-refractivity contribution is -0.302. The number of carbonyl (C=O) groups is 1. The molecule has 0 radical (unpaired) electrons. The van der Waals surface area contributed by atoms with Crippen LogP contribution >= 0.6 is 0 Å². The van der Waals surface area contributed by atoms with Crippen molar-refractivity contribution >= 4 is 5.91 Å². The number of ether oxygens (including phenoxy) is 2. The SMILES string of the molecule is CCCCCCCCCC/C=C\CCCCCCCCCCCC(=O)NC(COC1OC(CO)C(O)C(O)C1O)C(O)CCCCCCCCCCCCCC. The van der Waals surface area contributed by atoms with Crippen molar-refractivity contribution in [3.8, 4) is 0 Å². The first-order chi connectivity index (χ1) is 27.3.